The van der Waals surface area contributed by atoms with Crippen LogP contribution in [0.2, 0.25) is 0 Å². The number of ether oxygens (including phenoxy) is 2. The van der Waals surface area contributed by atoms with Crippen LogP contribution in [-0.2, 0) is 9.59 Å². The summed E-state index contributed by atoms with van der Waals surface area (Å²) in [5.41, 5.74) is 0. The molecule has 0 unspecified atom stereocenters. The third kappa shape index (κ3) is 6.71. The summed E-state index contributed by atoms with van der Waals surface area (Å²) in [4.78, 5) is 22.9. The smallest absolute Gasteiger partial charge is 0.303 e. The minimum absolute atomic E-state index is 0.0701. The fourth-order valence-electron chi connectivity index (χ4n) is 1.72. The number of rotatable bonds is 10. The molecule has 0 saturated carbocycles. The number of methoxy groups -OCH3 is 2. The minimum Gasteiger partial charge on any atom is -0.493 e. The molecule has 6 nitrogen and oxygen atoms in total. The van der Waals surface area contributed by atoms with Gasteiger partial charge in [0.1, 0.15) is 0 Å². The van der Waals surface area contributed by atoms with Crippen molar-refractivity contribution in [2.24, 2.45) is 0 Å². The minimum atomic E-state index is -0.849. The van der Waals surface area contributed by atoms with E-state index < -0.39 is 5.97 Å². The summed E-state index contributed by atoms with van der Waals surface area (Å²) in [5, 5.41) is 11.2. The molecule has 0 aliphatic carbocycles. The molecule has 22 heavy (non-hydrogen) atoms. The Morgan fingerprint density at radius 2 is 1.91 bits per heavy atom. The van der Waals surface area contributed by atoms with Crippen LogP contribution in [0.5, 0.6) is 11.5 Å². The van der Waals surface area contributed by atoms with E-state index in [9.17, 15) is 9.59 Å². The van der Waals surface area contributed by atoms with Crippen molar-refractivity contribution in [1.29, 1.82) is 0 Å². The van der Waals surface area contributed by atoms with Gasteiger partial charge in [-0.3, -0.25) is 9.59 Å². The average molecular weight is 327 g/mol. The SMILES string of the molecule is COc1ccc(SCCC(=O)NCCCC(=O)O)cc1OC. The summed E-state index contributed by atoms with van der Waals surface area (Å²) in [5.74, 6) is 1.05. The molecule has 0 saturated heterocycles. The number of carboxylic acids is 1. The van der Waals surface area contributed by atoms with E-state index in [1.54, 1.807) is 26.0 Å². The van der Waals surface area contributed by atoms with E-state index in [-0.39, 0.29) is 12.3 Å². The molecular weight excluding hydrogens is 306 g/mol. The summed E-state index contributed by atoms with van der Waals surface area (Å²) in [6, 6.07) is 5.61. The molecule has 0 radical (unpaired) electrons. The second kappa shape index (κ2) is 9.94. The van der Waals surface area contributed by atoms with Crippen molar-refractivity contribution in [2.75, 3.05) is 26.5 Å². The number of amides is 1. The maximum atomic E-state index is 11.6. The van der Waals surface area contributed by atoms with E-state index in [0.717, 1.165) is 4.90 Å². The van der Waals surface area contributed by atoms with Crippen molar-refractivity contribution in [3.05, 3.63) is 18.2 Å². The zero-order valence-electron chi connectivity index (χ0n) is 12.8. The number of carboxylic acid groups (broad SMARTS) is 1. The Morgan fingerprint density at radius 3 is 2.55 bits per heavy atom. The molecule has 1 aromatic carbocycles. The lowest BCUT2D eigenvalue weighted by molar-refractivity contribution is -0.137. The van der Waals surface area contributed by atoms with Gasteiger partial charge < -0.3 is 19.9 Å². The first-order chi connectivity index (χ1) is 10.6. The average Bonchev–Trinajstić information content (AvgIpc) is 2.51. The maximum absolute atomic E-state index is 11.6. The summed E-state index contributed by atoms with van der Waals surface area (Å²) < 4.78 is 10.4. The van der Waals surface area contributed by atoms with Gasteiger partial charge in [-0.25, -0.2) is 0 Å². The highest BCUT2D eigenvalue weighted by molar-refractivity contribution is 7.99. The van der Waals surface area contributed by atoms with Crippen molar-refractivity contribution >= 4 is 23.6 Å². The van der Waals surface area contributed by atoms with E-state index in [1.807, 2.05) is 18.2 Å². The van der Waals surface area contributed by atoms with Crippen LogP contribution in [-0.4, -0.2) is 43.5 Å². The van der Waals surface area contributed by atoms with Crippen LogP contribution in [0, 0.1) is 0 Å². The van der Waals surface area contributed by atoms with E-state index in [0.29, 0.717) is 36.6 Å². The zero-order valence-corrected chi connectivity index (χ0v) is 13.6. The molecule has 0 atom stereocenters. The molecule has 7 heteroatoms. The van der Waals surface area contributed by atoms with Gasteiger partial charge in [-0.15, -0.1) is 11.8 Å². The summed E-state index contributed by atoms with van der Waals surface area (Å²) in [7, 11) is 3.16. The van der Waals surface area contributed by atoms with E-state index >= 15 is 0 Å². The van der Waals surface area contributed by atoms with E-state index in [1.165, 1.54) is 0 Å². The quantitative estimate of drug-likeness (QED) is 0.506. The van der Waals surface area contributed by atoms with Crippen LogP contribution in [0.25, 0.3) is 0 Å². The van der Waals surface area contributed by atoms with E-state index in [4.69, 9.17) is 14.6 Å². The Labute approximate surface area is 134 Å². The fourth-order valence-corrected chi connectivity index (χ4v) is 2.60. The number of hydrogen-bond acceptors (Lipinski definition) is 5. The number of benzene rings is 1. The Kier molecular flexibility index (Phi) is 8.21. The first-order valence-electron chi connectivity index (χ1n) is 6.90. The molecule has 0 fully saturated rings. The van der Waals surface area contributed by atoms with Gasteiger partial charge in [0, 0.05) is 30.0 Å². The van der Waals surface area contributed by atoms with Gasteiger partial charge in [-0.2, -0.15) is 0 Å². The van der Waals surface area contributed by atoms with Crippen LogP contribution in [0.15, 0.2) is 23.1 Å². The molecule has 1 aromatic rings. The molecule has 0 aromatic heterocycles. The van der Waals surface area contributed by atoms with Gasteiger partial charge in [0.05, 0.1) is 14.2 Å². The first-order valence-corrected chi connectivity index (χ1v) is 7.88. The molecule has 0 bridgehead atoms. The molecule has 2 N–H and O–H groups in total. The van der Waals surface area contributed by atoms with Gasteiger partial charge in [0.25, 0.3) is 0 Å². The predicted molar refractivity (Wildman–Crippen MR) is 84.8 cm³/mol. The number of carbonyl (C=O) groups is 2. The number of nitrogens with one attached hydrogen (secondary N) is 1. The number of hydrogen-bond donors (Lipinski definition) is 2. The lowest BCUT2D eigenvalue weighted by Gasteiger charge is -2.09. The fraction of sp³-hybridized carbons (Fsp3) is 0.467. The predicted octanol–water partition coefficient (Wildman–Crippen LogP) is 2.17. The molecule has 0 heterocycles. The molecule has 1 amide bonds. The second-order valence-electron chi connectivity index (χ2n) is 4.46. The maximum Gasteiger partial charge on any atom is 0.303 e. The number of carbonyl (C=O) groups excluding carboxylic acids is 1. The third-order valence-electron chi connectivity index (χ3n) is 2.84. The lowest BCUT2D eigenvalue weighted by atomic mass is 10.3. The Hall–Kier alpha value is -1.89. The molecule has 0 aliphatic heterocycles. The normalized spacial score (nSPS) is 10.1. The van der Waals surface area contributed by atoms with Gasteiger partial charge in [0.2, 0.25) is 5.91 Å². The summed E-state index contributed by atoms with van der Waals surface area (Å²) in [6.07, 6.45) is 0.899. The van der Waals surface area contributed by atoms with E-state index in [2.05, 4.69) is 5.32 Å². The van der Waals surface area contributed by atoms with Crippen molar-refractivity contribution < 1.29 is 24.2 Å². The second-order valence-corrected chi connectivity index (χ2v) is 5.63. The Morgan fingerprint density at radius 1 is 1.18 bits per heavy atom. The van der Waals surface area contributed by atoms with Crippen LogP contribution >= 0.6 is 11.8 Å². The van der Waals surface area contributed by atoms with Gasteiger partial charge in [-0.1, -0.05) is 0 Å². The highest BCUT2D eigenvalue weighted by Gasteiger charge is 2.06. The number of aliphatic carboxylic acids is 1. The lowest BCUT2D eigenvalue weighted by Crippen LogP contribution is -2.25. The Bertz CT molecular complexity index is 507. The standard InChI is InChI=1S/C15H21NO5S/c1-20-12-6-5-11(10-13(12)21-2)22-9-7-14(17)16-8-3-4-15(18)19/h5-6,10H,3-4,7-9H2,1-2H3,(H,16,17)(H,18,19). The largest absolute Gasteiger partial charge is 0.493 e. The highest BCUT2D eigenvalue weighted by atomic mass is 32.2. The summed E-state index contributed by atoms with van der Waals surface area (Å²) in [6.45, 7) is 0.395. The summed E-state index contributed by atoms with van der Waals surface area (Å²) >= 11 is 1.55. The van der Waals surface area contributed by atoms with Crippen molar-refractivity contribution in [3.63, 3.8) is 0 Å². The Balaban J connectivity index is 2.29. The zero-order chi connectivity index (χ0) is 16.4. The van der Waals surface area contributed by atoms with Crippen molar-refractivity contribution in [1.82, 2.24) is 5.32 Å². The molecule has 0 aliphatic rings. The monoisotopic (exact) mass is 327 g/mol. The molecule has 122 valence electrons. The number of thioether (sulfide) groups is 1. The topological polar surface area (TPSA) is 84.9 Å². The third-order valence-corrected chi connectivity index (χ3v) is 3.84. The van der Waals surface area contributed by atoms with Crippen molar-refractivity contribution in [3.8, 4) is 11.5 Å². The van der Waals surface area contributed by atoms with Crippen LogP contribution in [0.4, 0.5) is 0 Å². The van der Waals surface area contributed by atoms with Gasteiger partial charge in [0.15, 0.2) is 11.5 Å². The van der Waals surface area contributed by atoms with Gasteiger partial charge >= 0.3 is 5.97 Å². The molecular formula is C15H21NO5S. The molecule has 1 rings (SSSR count). The van der Waals surface area contributed by atoms with Crippen LogP contribution in [0.1, 0.15) is 19.3 Å². The van der Waals surface area contributed by atoms with Gasteiger partial charge in [-0.05, 0) is 24.6 Å². The van der Waals surface area contributed by atoms with Crippen molar-refractivity contribution in [2.45, 2.75) is 24.2 Å². The molecule has 0 spiro atoms. The van der Waals surface area contributed by atoms with Crippen LogP contribution in [0.3, 0.4) is 0 Å². The van der Waals surface area contributed by atoms with Crippen LogP contribution < -0.4 is 14.8 Å². The first kappa shape index (κ1) is 18.2. The highest BCUT2D eigenvalue weighted by Crippen LogP contribution is 2.31.